The highest BCUT2D eigenvalue weighted by Crippen LogP contribution is 2.31. The highest BCUT2D eigenvalue weighted by Gasteiger charge is 2.29. The Bertz CT molecular complexity index is 1020. The number of piperidine rings is 1. The zero-order valence-corrected chi connectivity index (χ0v) is 19.4. The highest BCUT2D eigenvalue weighted by atomic mass is 16.5. The quantitative estimate of drug-likeness (QED) is 0.699. The highest BCUT2D eigenvalue weighted by molar-refractivity contribution is 5.98. The van der Waals surface area contributed by atoms with E-state index < -0.39 is 0 Å². The standard InChI is InChI=1S/C27H35N3O3/c31-25-17-24(33-19-21-10-11-21)26(23-9-5-2-6-14-30(23)25)27(32)28-22-12-15-29(16-13-22)18-20-7-3-1-4-8-20/h1,3-4,7-8,17,21-22H,2,5-6,9-16,18-19H2,(H,28,32). The molecule has 3 aliphatic rings. The lowest BCUT2D eigenvalue weighted by atomic mass is 10.0. The number of aromatic nitrogens is 1. The van der Waals surface area contributed by atoms with Gasteiger partial charge in [-0.15, -0.1) is 0 Å². The first-order valence-corrected chi connectivity index (χ1v) is 12.6. The molecule has 33 heavy (non-hydrogen) atoms. The lowest BCUT2D eigenvalue weighted by Gasteiger charge is -2.32. The third kappa shape index (κ3) is 5.49. The number of nitrogens with one attached hydrogen (secondary N) is 1. The normalized spacial score (nSPS) is 19.5. The SMILES string of the molecule is O=C(NC1CCN(Cc2ccccc2)CC1)c1c(OCC2CC2)cc(=O)n2c1CCCCC2. The van der Waals surface area contributed by atoms with Crippen molar-refractivity contribution in [1.29, 1.82) is 0 Å². The molecule has 1 N–H and O–H groups in total. The van der Waals surface area contributed by atoms with E-state index in [1.165, 1.54) is 18.4 Å². The fourth-order valence-electron chi connectivity index (χ4n) is 5.10. The van der Waals surface area contributed by atoms with Crippen molar-refractivity contribution < 1.29 is 9.53 Å². The zero-order chi connectivity index (χ0) is 22.6. The molecular weight excluding hydrogens is 414 g/mol. The van der Waals surface area contributed by atoms with Gasteiger partial charge in [-0.05, 0) is 56.4 Å². The van der Waals surface area contributed by atoms with Gasteiger partial charge >= 0.3 is 0 Å². The molecule has 5 rings (SSSR count). The van der Waals surface area contributed by atoms with Crippen LogP contribution in [0, 0.1) is 5.92 Å². The summed E-state index contributed by atoms with van der Waals surface area (Å²) in [6.07, 6.45) is 8.05. The van der Waals surface area contributed by atoms with Crippen molar-refractivity contribution in [1.82, 2.24) is 14.8 Å². The number of hydrogen-bond acceptors (Lipinski definition) is 4. The second-order valence-electron chi connectivity index (χ2n) is 9.89. The first kappa shape index (κ1) is 22.2. The van der Waals surface area contributed by atoms with E-state index in [0.29, 0.717) is 30.4 Å². The van der Waals surface area contributed by atoms with Gasteiger partial charge in [-0.25, -0.2) is 0 Å². The van der Waals surface area contributed by atoms with Crippen molar-refractivity contribution in [2.75, 3.05) is 19.7 Å². The summed E-state index contributed by atoms with van der Waals surface area (Å²) in [5.74, 6) is 0.975. The summed E-state index contributed by atoms with van der Waals surface area (Å²) in [6, 6.07) is 12.2. The Balaban J connectivity index is 1.29. The van der Waals surface area contributed by atoms with Crippen molar-refractivity contribution >= 4 is 5.91 Å². The molecule has 0 atom stereocenters. The maximum absolute atomic E-state index is 13.5. The van der Waals surface area contributed by atoms with Crippen LogP contribution in [-0.4, -0.2) is 41.1 Å². The lowest BCUT2D eigenvalue weighted by molar-refractivity contribution is 0.0902. The Morgan fingerprint density at radius 1 is 1.00 bits per heavy atom. The summed E-state index contributed by atoms with van der Waals surface area (Å²) in [5.41, 5.74) is 2.76. The molecule has 3 heterocycles. The minimum atomic E-state index is -0.0760. The van der Waals surface area contributed by atoms with Gasteiger partial charge in [0.05, 0.1) is 6.61 Å². The molecule has 1 saturated heterocycles. The van der Waals surface area contributed by atoms with E-state index >= 15 is 0 Å². The van der Waals surface area contributed by atoms with Crippen LogP contribution in [0.4, 0.5) is 0 Å². The smallest absolute Gasteiger partial charge is 0.257 e. The average molecular weight is 450 g/mol. The van der Waals surface area contributed by atoms with Crippen LogP contribution in [0.5, 0.6) is 5.75 Å². The Hall–Kier alpha value is -2.60. The lowest BCUT2D eigenvalue weighted by Crippen LogP contribution is -2.45. The van der Waals surface area contributed by atoms with Gasteiger partial charge in [0, 0.05) is 44.0 Å². The molecule has 1 aliphatic carbocycles. The summed E-state index contributed by atoms with van der Waals surface area (Å²) in [6.45, 7) is 4.18. The maximum atomic E-state index is 13.5. The monoisotopic (exact) mass is 449 g/mol. The maximum Gasteiger partial charge on any atom is 0.257 e. The van der Waals surface area contributed by atoms with Crippen LogP contribution in [-0.2, 0) is 19.5 Å². The van der Waals surface area contributed by atoms with E-state index in [1.807, 2.05) is 10.6 Å². The summed E-state index contributed by atoms with van der Waals surface area (Å²) in [7, 11) is 0. The predicted molar refractivity (Wildman–Crippen MR) is 129 cm³/mol. The number of pyridine rings is 1. The van der Waals surface area contributed by atoms with Crippen LogP contribution in [0.1, 0.15) is 66.6 Å². The number of carbonyl (C=O) groups excluding carboxylic acids is 1. The molecule has 0 spiro atoms. The van der Waals surface area contributed by atoms with Gasteiger partial charge < -0.3 is 14.6 Å². The Labute approximate surface area is 195 Å². The van der Waals surface area contributed by atoms with E-state index in [-0.39, 0.29) is 17.5 Å². The molecule has 0 unspecified atom stereocenters. The average Bonchev–Trinajstić information content (AvgIpc) is 3.67. The Morgan fingerprint density at radius 3 is 2.55 bits per heavy atom. The molecule has 2 fully saturated rings. The van der Waals surface area contributed by atoms with Gasteiger partial charge in [0.2, 0.25) is 0 Å². The molecule has 1 aromatic carbocycles. The van der Waals surface area contributed by atoms with Crippen LogP contribution in [0.3, 0.4) is 0 Å². The number of carbonyl (C=O) groups is 1. The largest absolute Gasteiger partial charge is 0.492 e. The van der Waals surface area contributed by atoms with Gasteiger partial charge in [0.15, 0.2) is 0 Å². The molecule has 2 aromatic rings. The number of ether oxygens (including phenoxy) is 1. The van der Waals surface area contributed by atoms with Gasteiger partial charge in [-0.2, -0.15) is 0 Å². The summed E-state index contributed by atoms with van der Waals surface area (Å²) < 4.78 is 7.87. The fourth-order valence-corrected chi connectivity index (χ4v) is 5.10. The Morgan fingerprint density at radius 2 is 1.79 bits per heavy atom. The zero-order valence-electron chi connectivity index (χ0n) is 19.4. The third-order valence-corrected chi connectivity index (χ3v) is 7.25. The predicted octanol–water partition coefficient (Wildman–Crippen LogP) is 3.76. The molecular formula is C27H35N3O3. The molecule has 0 radical (unpaired) electrons. The molecule has 6 heteroatoms. The third-order valence-electron chi connectivity index (χ3n) is 7.25. The van der Waals surface area contributed by atoms with Crippen LogP contribution < -0.4 is 15.6 Å². The molecule has 1 aromatic heterocycles. The van der Waals surface area contributed by atoms with Crippen molar-refractivity contribution in [3.05, 3.63) is 63.6 Å². The van der Waals surface area contributed by atoms with Crippen LogP contribution in [0.15, 0.2) is 41.2 Å². The van der Waals surface area contributed by atoms with Gasteiger partial charge in [0.25, 0.3) is 11.5 Å². The summed E-state index contributed by atoms with van der Waals surface area (Å²) in [4.78, 5) is 28.8. The van der Waals surface area contributed by atoms with Crippen LogP contribution >= 0.6 is 0 Å². The van der Waals surface area contributed by atoms with E-state index in [4.69, 9.17) is 4.74 Å². The number of fused-ring (bicyclic) bond motifs is 1. The van der Waals surface area contributed by atoms with Crippen molar-refractivity contribution in [3.63, 3.8) is 0 Å². The minimum absolute atomic E-state index is 0.0385. The van der Waals surface area contributed by atoms with Crippen molar-refractivity contribution in [2.45, 2.75) is 70.5 Å². The molecule has 0 bridgehead atoms. The second-order valence-corrected chi connectivity index (χ2v) is 9.89. The summed E-state index contributed by atoms with van der Waals surface area (Å²) in [5, 5.41) is 3.29. The number of rotatable bonds is 7. The van der Waals surface area contributed by atoms with Crippen molar-refractivity contribution in [2.24, 2.45) is 5.92 Å². The number of likely N-dealkylation sites (tertiary alicyclic amines) is 1. The Kier molecular flexibility index (Phi) is 6.81. The fraction of sp³-hybridized carbons (Fsp3) is 0.556. The number of nitrogens with zero attached hydrogens (tertiary/aromatic N) is 2. The number of benzene rings is 1. The van der Waals surface area contributed by atoms with Gasteiger partial charge in [-0.1, -0.05) is 36.8 Å². The first-order valence-electron chi connectivity index (χ1n) is 12.6. The molecule has 1 amide bonds. The van der Waals surface area contributed by atoms with Crippen LogP contribution in [0.25, 0.3) is 0 Å². The first-order chi connectivity index (χ1) is 16.2. The van der Waals surface area contributed by atoms with E-state index in [9.17, 15) is 9.59 Å². The van der Waals surface area contributed by atoms with Gasteiger partial charge in [0.1, 0.15) is 11.3 Å². The molecule has 1 saturated carbocycles. The number of hydrogen-bond donors (Lipinski definition) is 1. The number of amides is 1. The van der Waals surface area contributed by atoms with E-state index in [2.05, 4.69) is 34.5 Å². The van der Waals surface area contributed by atoms with Gasteiger partial charge in [-0.3, -0.25) is 14.5 Å². The molecule has 6 nitrogen and oxygen atoms in total. The molecule has 176 valence electrons. The summed E-state index contributed by atoms with van der Waals surface area (Å²) >= 11 is 0. The van der Waals surface area contributed by atoms with Crippen molar-refractivity contribution in [3.8, 4) is 5.75 Å². The minimum Gasteiger partial charge on any atom is -0.492 e. The van der Waals surface area contributed by atoms with Crippen LogP contribution in [0.2, 0.25) is 0 Å². The van der Waals surface area contributed by atoms with E-state index in [1.54, 1.807) is 6.07 Å². The second kappa shape index (κ2) is 10.1. The topological polar surface area (TPSA) is 63.6 Å². The van der Waals surface area contributed by atoms with E-state index in [0.717, 1.165) is 63.9 Å². The molecule has 2 aliphatic heterocycles.